The van der Waals surface area contributed by atoms with Gasteiger partial charge in [0.1, 0.15) is 5.76 Å². The van der Waals surface area contributed by atoms with Crippen molar-refractivity contribution in [2.45, 2.75) is 20.3 Å². The molecule has 2 rings (SSSR count). The number of hydrogen-bond acceptors (Lipinski definition) is 3. The molecule has 0 fully saturated rings. The van der Waals surface area contributed by atoms with Crippen molar-refractivity contribution in [3.05, 3.63) is 11.3 Å². The summed E-state index contributed by atoms with van der Waals surface area (Å²) in [5.74, 6) is 0.672. The van der Waals surface area contributed by atoms with Gasteiger partial charge in [0.2, 0.25) is 5.90 Å². The average molecular weight is 176 g/mol. The summed E-state index contributed by atoms with van der Waals surface area (Å²) in [6.45, 7) is 3.58. The first-order chi connectivity index (χ1) is 6.10. The summed E-state index contributed by atoms with van der Waals surface area (Å²) < 4.78 is 5.25. The summed E-state index contributed by atoms with van der Waals surface area (Å²) in [7, 11) is 0. The van der Waals surface area contributed by atoms with Gasteiger partial charge in [-0.3, -0.25) is 4.79 Å². The molecule has 1 unspecified atom stereocenters. The molecule has 0 saturated heterocycles. The van der Waals surface area contributed by atoms with Crippen LogP contribution >= 0.6 is 0 Å². The van der Waals surface area contributed by atoms with Crippen LogP contribution in [0.2, 0.25) is 0 Å². The molecular formula is C9H8N2O2. The lowest BCUT2D eigenvalue weighted by molar-refractivity contribution is -0.117. The fraction of sp³-hybridized carbons (Fsp3) is 0.444. The smallest absolute Gasteiger partial charge is 0.251 e. The number of nitriles is 1. The van der Waals surface area contributed by atoms with E-state index in [9.17, 15) is 4.79 Å². The van der Waals surface area contributed by atoms with Gasteiger partial charge in [0, 0.05) is 0 Å². The third-order valence-electron chi connectivity index (χ3n) is 2.62. The van der Waals surface area contributed by atoms with E-state index in [0.717, 1.165) is 5.57 Å². The largest absolute Gasteiger partial charge is 0.445 e. The van der Waals surface area contributed by atoms with Crippen LogP contribution in [0.1, 0.15) is 20.3 Å². The minimum atomic E-state index is -0.888. The maximum Gasteiger partial charge on any atom is 0.251 e. The molecule has 2 aliphatic rings. The van der Waals surface area contributed by atoms with Crippen LogP contribution in [0.25, 0.3) is 0 Å². The second-order valence-electron chi connectivity index (χ2n) is 3.29. The zero-order chi connectivity index (χ0) is 9.64. The number of nitrogens with zero attached hydrogens (tertiary/aromatic N) is 2. The van der Waals surface area contributed by atoms with Gasteiger partial charge in [0.05, 0.1) is 12.5 Å². The molecule has 66 valence electrons. The van der Waals surface area contributed by atoms with Crippen LogP contribution in [0.4, 0.5) is 0 Å². The molecule has 2 aliphatic heterocycles. The summed E-state index contributed by atoms with van der Waals surface area (Å²) >= 11 is 0. The molecule has 4 nitrogen and oxygen atoms in total. The highest BCUT2D eigenvalue weighted by atomic mass is 16.5. The molecule has 4 heteroatoms. The van der Waals surface area contributed by atoms with E-state index < -0.39 is 5.41 Å². The Morgan fingerprint density at radius 3 is 2.85 bits per heavy atom. The zero-order valence-corrected chi connectivity index (χ0v) is 7.42. The second kappa shape index (κ2) is 2.19. The Kier molecular flexibility index (Phi) is 1.35. The van der Waals surface area contributed by atoms with E-state index in [1.807, 2.05) is 0 Å². The van der Waals surface area contributed by atoms with Gasteiger partial charge in [0.25, 0.3) is 5.91 Å². The third kappa shape index (κ3) is 0.788. The monoisotopic (exact) mass is 176 g/mol. The van der Waals surface area contributed by atoms with Crippen molar-refractivity contribution in [3.63, 3.8) is 0 Å². The topological polar surface area (TPSA) is 62.5 Å². The van der Waals surface area contributed by atoms with Crippen molar-refractivity contribution in [2.75, 3.05) is 0 Å². The van der Waals surface area contributed by atoms with Gasteiger partial charge >= 0.3 is 0 Å². The lowest BCUT2D eigenvalue weighted by Gasteiger charge is -2.12. The number of fused-ring (bicyclic) bond motifs is 1. The van der Waals surface area contributed by atoms with Crippen molar-refractivity contribution in [3.8, 4) is 6.07 Å². The number of rotatable bonds is 0. The Balaban J connectivity index is 2.58. The van der Waals surface area contributed by atoms with Crippen molar-refractivity contribution in [1.82, 2.24) is 0 Å². The van der Waals surface area contributed by atoms with E-state index in [1.165, 1.54) is 0 Å². The van der Waals surface area contributed by atoms with Gasteiger partial charge in [-0.25, -0.2) is 0 Å². The maximum absolute atomic E-state index is 11.0. The predicted octanol–water partition coefficient (Wildman–Crippen LogP) is 1.15. The number of aliphatic imine (C=N–C) groups is 1. The zero-order valence-electron chi connectivity index (χ0n) is 7.42. The first-order valence-electron chi connectivity index (χ1n) is 3.99. The number of carbonyl (C=O) groups is 1. The summed E-state index contributed by atoms with van der Waals surface area (Å²) in [6.07, 6.45) is 0.127. The van der Waals surface area contributed by atoms with Crippen molar-refractivity contribution in [2.24, 2.45) is 10.4 Å². The van der Waals surface area contributed by atoms with Crippen molar-refractivity contribution < 1.29 is 9.53 Å². The van der Waals surface area contributed by atoms with Crippen LogP contribution in [0.5, 0.6) is 0 Å². The molecule has 0 saturated carbocycles. The molecule has 0 radical (unpaired) electrons. The Morgan fingerprint density at radius 1 is 1.62 bits per heavy atom. The van der Waals surface area contributed by atoms with Crippen LogP contribution in [0.15, 0.2) is 16.3 Å². The molecule has 0 N–H and O–H groups in total. The molecule has 0 bridgehead atoms. The lowest BCUT2D eigenvalue weighted by Crippen LogP contribution is -2.23. The van der Waals surface area contributed by atoms with Gasteiger partial charge in [0.15, 0.2) is 5.41 Å². The van der Waals surface area contributed by atoms with Crippen LogP contribution in [0, 0.1) is 16.7 Å². The Hall–Kier alpha value is -1.63. The van der Waals surface area contributed by atoms with Gasteiger partial charge in [-0.05, 0) is 19.4 Å². The highest BCUT2D eigenvalue weighted by Gasteiger charge is 2.52. The standard InChI is InChI=1S/C9H8N2O2/c1-5-6(2)13-8-9(5,4-10)3-7(12)11-8/h3H2,1-2H3. The van der Waals surface area contributed by atoms with Crippen LogP contribution in [-0.4, -0.2) is 11.8 Å². The van der Waals surface area contributed by atoms with Crippen LogP contribution in [-0.2, 0) is 9.53 Å². The van der Waals surface area contributed by atoms with Gasteiger partial charge in [-0.15, -0.1) is 0 Å². The number of carbonyl (C=O) groups excluding carboxylic acids is 1. The molecule has 2 heterocycles. The lowest BCUT2D eigenvalue weighted by atomic mass is 9.81. The summed E-state index contributed by atoms with van der Waals surface area (Å²) in [4.78, 5) is 14.7. The quantitative estimate of drug-likeness (QED) is 0.556. The first kappa shape index (κ1) is 7.99. The van der Waals surface area contributed by atoms with E-state index in [1.54, 1.807) is 13.8 Å². The molecule has 1 amide bonds. The number of amides is 1. The molecule has 0 aliphatic carbocycles. The van der Waals surface area contributed by atoms with Crippen molar-refractivity contribution in [1.29, 1.82) is 5.26 Å². The van der Waals surface area contributed by atoms with Gasteiger partial charge < -0.3 is 4.74 Å². The van der Waals surface area contributed by atoms with Crippen LogP contribution < -0.4 is 0 Å². The number of ether oxygens (including phenoxy) is 1. The predicted molar refractivity (Wildman–Crippen MR) is 44.6 cm³/mol. The minimum Gasteiger partial charge on any atom is -0.445 e. The first-order valence-corrected chi connectivity index (χ1v) is 3.99. The van der Waals surface area contributed by atoms with E-state index in [-0.39, 0.29) is 18.2 Å². The fourth-order valence-corrected chi connectivity index (χ4v) is 1.65. The Morgan fingerprint density at radius 2 is 2.31 bits per heavy atom. The van der Waals surface area contributed by atoms with Gasteiger partial charge in [-0.1, -0.05) is 0 Å². The number of hydrogen-bond donors (Lipinski definition) is 0. The molecule has 0 aromatic rings. The maximum atomic E-state index is 11.0. The normalized spacial score (nSPS) is 31.2. The molecule has 1 atom stereocenters. The molecule has 0 aromatic heterocycles. The average Bonchev–Trinajstić information content (AvgIpc) is 2.50. The minimum absolute atomic E-state index is 0.127. The summed E-state index contributed by atoms with van der Waals surface area (Å²) in [6, 6.07) is 2.12. The highest BCUT2D eigenvalue weighted by Crippen LogP contribution is 2.44. The molecular weight excluding hydrogens is 168 g/mol. The van der Waals surface area contributed by atoms with E-state index in [4.69, 9.17) is 10.00 Å². The van der Waals surface area contributed by atoms with E-state index in [0.29, 0.717) is 5.76 Å². The van der Waals surface area contributed by atoms with Crippen molar-refractivity contribution >= 4 is 11.8 Å². The highest BCUT2D eigenvalue weighted by molar-refractivity contribution is 6.07. The number of allylic oxidation sites excluding steroid dienone is 1. The Bertz CT molecular complexity index is 400. The molecule has 0 aromatic carbocycles. The van der Waals surface area contributed by atoms with Gasteiger partial charge in [-0.2, -0.15) is 10.3 Å². The Labute approximate surface area is 75.5 Å². The second-order valence-corrected chi connectivity index (χ2v) is 3.29. The van der Waals surface area contributed by atoms with E-state index in [2.05, 4.69) is 11.1 Å². The van der Waals surface area contributed by atoms with E-state index >= 15 is 0 Å². The summed E-state index contributed by atoms with van der Waals surface area (Å²) in [5.41, 5.74) is -0.0825. The fourth-order valence-electron chi connectivity index (χ4n) is 1.65. The van der Waals surface area contributed by atoms with Crippen LogP contribution in [0.3, 0.4) is 0 Å². The SMILES string of the molecule is CC1=C(C)C2(C#N)CC(=O)N=C2O1. The third-order valence-corrected chi connectivity index (χ3v) is 2.62. The molecule has 13 heavy (non-hydrogen) atoms. The summed E-state index contributed by atoms with van der Waals surface area (Å²) in [5, 5.41) is 9.04. The molecule has 0 spiro atoms.